The third-order valence-electron chi connectivity index (χ3n) is 15.2. The number of carbonyl (C=O) groups excluding carboxylic acids is 2. The molecule has 13 aromatic rings. The molecule has 0 N–H and O–H groups in total. The zero-order valence-corrected chi connectivity index (χ0v) is 38.2. The molecule has 2 amide bonds. The van der Waals surface area contributed by atoms with Crippen LogP contribution in [0.4, 0.5) is 5.95 Å². The first-order valence-electron chi connectivity index (χ1n) is 23.3. The van der Waals surface area contributed by atoms with Gasteiger partial charge in [0.25, 0.3) is 0 Å². The number of imide groups is 1. The average molecular weight is 895 g/mol. The van der Waals surface area contributed by atoms with Crippen LogP contribution in [0.3, 0.4) is 0 Å². The van der Waals surface area contributed by atoms with E-state index in [1.165, 1.54) is 26.4 Å². The lowest BCUT2D eigenvalue weighted by molar-refractivity contribution is -0.129. The van der Waals surface area contributed by atoms with Crippen molar-refractivity contribution in [1.29, 1.82) is 0 Å². The predicted molar refractivity (Wildman–Crippen MR) is 277 cm³/mol. The van der Waals surface area contributed by atoms with Gasteiger partial charge < -0.3 is 9.13 Å². The zero-order valence-electron chi connectivity index (χ0n) is 38.2. The quantitative estimate of drug-likeness (QED) is 0.160. The molecule has 1 aliphatic heterocycles. The number of para-hydroxylation sites is 6. The Balaban J connectivity index is 1.03. The van der Waals surface area contributed by atoms with E-state index >= 15 is 0 Å². The lowest BCUT2D eigenvalue weighted by atomic mass is 9.70. The standard InChI is InChI=1S/C59H42N8O2/c1-58(2)53(68)67(54(69)59(58,3)4)57-61-55(65-49-27-15-9-21-41(49)43-33-35(29-31-51(43)65)63-45-23-11-5-17-37(45)38-18-6-12-24-46(38)63)60-56(62-57)66-50-28-16-10-22-42(50)44-34-36(30-32-52(44)66)64-47-25-13-7-19-39(47)40-20-8-14-26-48(40)64/h5-34H,1-4H3. The minimum absolute atomic E-state index is 0.0238. The highest BCUT2D eigenvalue weighted by molar-refractivity contribution is 6.24. The molecule has 1 aliphatic rings. The molecule has 14 rings (SSSR count). The van der Waals surface area contributed by atoms with Crippen LogP contribution in [-0.4, -0.2) is 45.0 Å². The lowest BCUT2D eigenvalue weighted by Gasteiger charge is -2.28. The Morgan fingerprint density at radius 3 is 0.899 bits per heavy atom. The van der Waals surface area contributed by atoms with Crippen LogP contribution in [0.15, 0.2) is 182 Å². The summed E-state index contributed by atoms with van der Waals surface area (Å²) in [7, 11) is 0. The number of hydrogen-bond acceptors (Lipinski definition) is 5. The van der Waals surface area contributed by atoms with Crippen molar-refractivity contribution in [3.63, 3.8) is 0 Å². The molecule has 0 saturated carbocycles. The Morgan fingerprint density at radius 2 is 0.565 bits per heavy atom. The summed E-state index contributed by atoms with van der Waals surface area (Å²) in [6, 6.07) is 63.5. The van der Waals surface area contributed by atoms with Gasteiger partial charge in [-0.1, -0.05) is 109 Å². The topological polar surface area (TPSA) is 95.8 Å². The summed E-state index contributed by atoms with van der Waals surface area (Å²) >= 11 is 0. The monoisotopic (exact) mass is 894 g/mol. The molecule has 69 heavy (non-hydrogen) atoms. The number of hydrogen-bond donors (Lipinski definition) is 0. The second-order valence-corrected chi connectivity index (χ2v) is 19.3. The number of rotatable bonds is 5. The van der Waals surface area contributed by atoms with Gasteiger partial charge in [-0.15, -0.1) is 0 Å². The van der Waals surface area contributed by atoms with E-state index in [9.17, 15) is 9.59 Å². The maximum Gasteiger partial charge on any atom is 0.245 e. The Bertz CT molecular complexity index is 4010. The van der Waals surface area contributed by atoms with Crippen molar-refractivity contribution in [2.75, 3.05) is 4.90 Å². The molecule has 0 spiro atoms. The van der Waals surface area contributed by atoms with E-state index in [1.54, 1.807) is 0 Å². The Hall–Kier alpha value is -8.89. The van der Waals surface area contributed by atoms with Crippen LogP contribution in [0.1, 0.15) is 27.7 Å². The summed E-state index contributed by atoms with van der Waals surface area (Å²) in [5.74, 6) is -0.193. The fraction of sp³-hybridized carbons (Fsp3) is 0.102. The van der Waals surface area contributed by atoms with Gasteiger partial charge in [-0.3, -0.25) is 18.7 Å². The number of aromatic nitrogens is 7. The maximum atomic E-state index is 14.6. The first kappa shape index (κ1) is 39.3. The van der Waals surface area contributed by atoms with Gasteiger partial charge in [0.1, 0.15) is 0 Å². The molecule has 10 heteroatoms. The van der Waals surface area contributed by atoms with Gasteiger partial charge >= 0.3 is 0 Å². The van der Waals surface area contributed by atoms with Crippen LogP contribution in [0.25, 0.3) is 110 Å². The highest BCUT2D eigenvalue weighted by Crippen LogP contribution is 2.49. The van der Waals surface area contributed by atoms with E-state index in [4.69, 9.17) is 15.0 Å². The maximum absolute atomic E-state index is 14.6. The van der Waals surface area contributed by atoms with Crippen LogP contribution in [0.5, 0.6) is 0 Å². The summed E-state index contributed by atoms with van der Waals surface area (Å²) in [4.78, 5) is 45.9. The van der Waals surface area contributed by atoms with Crippen LogP contribution in [0, 0.1) is 10.8 Å². The van der Waals surface area contributed by atoms with Gasteiger partial charge in [-0.2, -0.15) is 15.0 Å². The van der Waals surface area contributed by atoms with E-state index in [1.807, 2.05) is 61.1 Å². The van der Waals surface area contributed by atoms with Gasteiger partial charge in [0, 0.05) is 54.5 Å². The normalized spacial score (nSPS) is 14.9. The van der Waals surface area contributed by atoms with Crippen molar-refractivity contribution in [2.45, 2.75) is 27.7 Å². The molecule has 1 saturated heterocycles. The summed E-state index contributed by atoms with van der Waals surface area (Å²) in [5, 5.41) is 8.75. The first-order valence-corrected chi connectivity index (χ1v) is 23.3. The first-order chi connectivity index (χ1) is 33.6. The summed E-state index contributed by atoms with van der Waals surface area (Å²) in [6.07, 6.45) is 0. The molecule has 8 aromatic carbocycles. The second-order valence-electron chi connectivity index (χ2n) is 19.3. The smallest absolute Gasteiger partial charge is 0.245 e. The number of anilines is 1. The fourth-order valence-corrected chi connectivity index (χ4v) is 11.0. The molecule has 330 valence electrons. The zero-order chi connectivity index (χ0) is 46.5. The molecule has 0 radical (unpaired) electrons. The molecule has 0 aliphatic carbocycles. The molecule has 0 unspecified atom stereocenters. The third kappa shape index (κ3) is 5.22. The molecule has 1 fully saturated rings. The Kier molecular flexibility index (Phi) is 7.88. The van der Waals surface area contributed by atoms with Crippen molar-refractivity contribution >= 4 is 105 Å². The average Bonchev–Trinajstić information content (AvgIpc) is 4.13. The summed E-state index contributed by atoms with van der Waals surface area (Å²) < 4.78 is 8.70. The van der Waals surface area contributed by atoms with Crippen LogP contribution in [-0.2, 0) is 9.59 Å². The second kappa shape index (κ2) is 13.8. The van der Waals surface area contributed by atoms with E-state index in [-0.39, 0.29) is 29.7 Å². The molecule has 0 atom stereocenters. The summed E-state index contributed by atoms with van der Waals surface area (Å²) in [6.45, 7) is 7.28. The lowest BCUT2D eigenvalue weighted by Crippen LogP contribution is -2.35. The molecule has 6 heterocycles. The third-order valence-corrected chi connectivity index (χ3v) is 15.2. The summed E-state index contributed by atoms with van der Waals surface area (Å²) in [5.41, 5.74) is 7.92. The van der Waals surface area contributed by atoms with Crippen LogP contribution in [0.2, 0.25) is 0 Å². The van der Waals surface area contributed by atoms with E-state index in [0.717, 1.165) is 77.1 Å². The molecule has 5 aromatic heterocycles. The van der Waals surface area contributed by atoms with Crippen molar-refractivity contribution in [2.24, 2.45) is 10.8 Å². The largest absolute Gasteiger partial charge is 0.309 e. The highest BCUT2D eigenvalue weighted by Gasteiger charge is 2.60. The van der Waals surface area contributed by atoms with Crippen LogP contribution < -0.4 is 4.90 Å². The van der Waals surface area contributed by atoms with Crippen LogP contribution >= 0.6 is 0 Å². The molecular weight excluding hydrogens is 853 g/mol. The van der Waals surface area contributed by atoms with E-state index < -0.39 is 10.8 Å². The van der Waals surface area contributed by atoms with Gasteiger partial charge in [0.2, 0.25) is 29.7 Å². The number of benzene rings is 8. The van der Waals surface area contributed by atoms with Crippen molar-refractivity contribution < 1.29 is 9.59 Å². The number of fused-ring (bicyclic) bond motifs is 12. The molecule has 10 nitrogen and oxygen atoms in total. The minimum Gasteiger partial charge on any atom is -0.309 e. The number of carbonyl (C=O) groups is 2. The van der Waals surface area contributed by atoms with Gasteiger partial charge in [-0.25, -0.2) is 4.90 Å². The SMILES string of the molecule is CC1(C)C(=O)N(c2nc(-n3c4ccccc4c4cc(-n5c6ccccc6c6ccccc65)ccc43)nc(-n3c4ccccc4c4cc(-n5c6ccccc6c6ccccc65)ccc43)n2)C(=O)C1(C)C. The van der Waals surface area contributed by atoms with Gasteiger partial charge in [0.05, 0.1) is 55.0 Å². The van der Waals surface area contributed by atoms with Crippen molar-refractivity contribution in [3.8, 4) is 23.3 Å². The molecular formula is C59H42N8O2. The van der Waals surface area contributed by atoms with Gasteiger partial charge in [-0.05, 0) is 100 Å². The fourth-order valence-electron chi connectivity index (χ4n) is 11.0. The Labute approximate surface area is 394 Å². The molecule has 0 bridgehead atoms. The van der Waals surface area contributed by atoms with Gasteiger partial charge in [0.15, 0.2) is 0 Å². The minimum atomic E-state index is -1.02. The van der Waals surface area contributed by atoms with E-state index in [2.05, 4.69) is 167 Å². The predicted octanol–water partition coefficient (Wildman–Crippen LogP) is 13.2. The highest BCUT2D eigenvalue weighted by atomic mass is 16.2. The number of nitrogens with zero attached hydrogens (tertiary/aromatic N) is 8. The van der Waals surface area contributed by atoms with Crippen molar-refractivity contribution in [3.05, 3.63) is 182 Å². The van der Waals surface area contributed by atoms with E-state index in [0.29, 0.717) is 0 Å². The Morgan fingerprint density at radius 1 is 0.304 bits per heavy atom. The number of amides is 2. The van der Waals surface area contributed by atoms with Crippen molar-refractivity contribution in [1.82, 2.24) is 33.2 Å².